The van der Waals surface area contributed by atoms with Gasteiger partial charge in [0.15, 0.2) is 5.96 Å². The molecular weight excluding hydrogens is 342 g/mol. The molecule has 0 saturated carbocycles. The molecule has 0 aliphatic carbocycles. The van der Waals surface area contributed by atoms with Gasteiger partial charge in [0, 0.05) is 25.4 Å². The molecule has 2 saturated heterocycles. The van der Waals surface area contributed by atoms with E-state index in [-0.39, 0.29) is 0 Å². The van der Waals surface area contributed by atoms with Gasteiger partial charge in [0.2, 0.25) is 0 Å². The number of nitrogens with one attached hydrogen (secondary N) is 1. The number of aliphatic imine (C=N–C) groups is 1. The van der Waals surface area contributed by atoms with Crippen molar-refractivity contribution >= 4 is 17.7 Å². The van der Waals surface area contributed by atoms with Crippen LogP contribution >= 0.6 is 11.8 Å². The van der Waals surface area contributed by atoms with E-state index in [0.29, 0.717) is 18.4 Å². The Hall–Kier alpha value is -1.20. The third kappa shape index (κ3) is 4.74. The Morgan fingerprint density at radius 2 is 2.15 bits per heavy atom. The van der Waals surface area contributed by atoms with Crippen molar-refractivity contribution in [2.24, 2.45) is 10.9 Å². The summed E-state index contributed by atoms with van der Waals surface area (Å²) in [5.74, 6) is 4.10. The molecule has 3 atom stereocenters. The van der Waals surface area contributed by atoms with E-state index in [0.717, 1.165) is 49.9 Å². The van der Waals surface area contributed by atoms with Crippen molar-refractivity contribution in [2.45, 2.75) is 44.6 Å². The van der Waals surface area contributed by atoms with Gasteiger partial charge >= 0.3 is 0 Å². The predicted molar refractivity (Wildman–Crippen MR) is 112 cm³/mol. The van der Waals surface area contributed by atoms with Gasteiger partial charge in [0.25, 0.3) is 0 Å². The molecule has 0 bridgehead atoms. The number of hydrogen-bond donors (Lipinski definition) is 2. The summed E-state index contributed by atoms with van der Waals surface area (Å²) in [6.07, 6.45) is 3.19. The van der Waals surface area contributed by atoms with Crippen LogP contribution in [0.1, 0.15) is 44.6 Å². The molecule has 1 aromatic carbocycles. The van der Waals surface area contributed by atoms with E-state index in [1.807, 2.05) is 11.8 Å². The van der Waals surface area contributed by atoms with Crippen LogP contribution in [0.25, 0.3) is 0 Å². The van der Waals surface area contributed by atoms with Crippen molar-refractivity contribution in [3.8, 4) is 0 Å². The Balaban J connectivity index is 1.69. The zero-order valence-corrected chi connectivity index (χ0v) is 17.0. The Morgan fingerprint density at radius 1 is 1.35 bits per heavy atom. The first-order valence-corrected chi connectivity index (χ1v) is 11.2. The first kappa shape index (κ1) is 19.6. The highest BCUT2D eigenvalue weighted by atomic mass is 32.2. The fourth-order valence-corrected chi connectivity index (χ4v) is 5.43. The molecule has 3 unspecified atom stereocenters. The zero-order chi connectivity index (χ0) is 18.4. The van der Waals surface area contributed by atoms with Gasteiger partial charge in [-0.05, 0) is 42.9 Å². The van der Waals surface area contributed by atoms with Crippen molar-refractivity contribution in [2.75, 3.05) is 37.7 Å². The van der Waals surface area contributed by atoms with Gasteiger partial charge in [0.1, 0.15) is 0 Å². The SMILES string of the molecule is CCNC(=NCC1(O)CCSC1)N1CCC(c2ccccc2)C(CC)C1. The van der Waals surface area contributed by atoms with E-state index >= 15 is 0 Å². The first-order chi connectivity index (χ1) is 12.6. The summed E-state index contributed by atoms with van der Waals surface area (Å²) >= 11 is 1.83. The minimum Gasteiger partial charge on any atom is -0.387 e. The highest BCUT2D eigenvalue weighted by molar-refractivity contribution is 7.99. The van der Waals surface area contributed by atoms with Gasteiger partial charge in [-0.15, -0.1) is 0 Å². The molecule has 144 valence electrons. The second-order valence-electron chi connectivity index (χ2n) is 7.62. The van der Waals surface area contributed by atoms with Gasteiger partial charge in [-0.3, -0.25) is 4.99 Å². The Labute approximate surface area is 162 Å². The van der Waals surface area contributed by atoms with E-state index in [1.54, 1.807) is 0 Å². The van der Waals surface area contributed by atoms with Gasteiger partial charge in [-0.2, -0.15) is 11.8 Å². The number of rotatable bonds is 5. The lowest BCUT2D eigenvalue weighted by Crippen LogP contribution is -2.49. The van der Waals surface area contributed by atoms with E-state index < -0.39 is 5.60 Å². The molecule has 0 amide bonds. The van der Waals surface area contributed by atoms with Gasteiger partial charge < -0.3 is 15.3 Å². The second kappa shape index (κ2) is 9.14. The molecule has 26 heavy (non-hydrogen) atoms. The maximum atomic E-state index is 10.6. The largest absolute Gasteiger partial charge is 0.387 e. The lowest BCUT2D eigenvalue weighted by Gasteiger charge is -2.40. The van der Waals surface area contributed by atoms with Crippen LogP contribution in [0, 0.1) is 5.92 Å². The number of nitrogens with zero attached hydrogens (tertiary/aromatic N) is 2. The van der Waals surface area contributed by atoms with Crippen LogP contribution in [-0.2, 0) is 0 Å². The summed E-state index contributed by atoms with van der Waals surface area (Å²) in [5, 5.41) is 14.1. The topological polar surface area (TPSA) is 47.9 Å². The molecule has 1 aromatic rings. The summed E-state index contributed by atoms with van der Waals surface area (Å²) in [4.78, 5) is 7.23. The highest BCUT2D eigenvalue weighted by Gasteiger charge is 2.33. The van der Waals surface area contributed by atoms with Crippen LogP contribution in [0.3, 0.4) is 0 Å². The Morgan fingerprint density at radius 3 is 2.81 bits per heavy atom. The summed E-state index contributed by atoms with van der Waals surface area (Å²) in [5.41, 5.74) is 0.857. The standard InChI is InChI=1S/C21H33N3OS/c1-3-17-14-24(12-10-19(17)18-8-6-5-7-9-18)20(22-4-2)23-15-21(25)11-13-26-16-21/h5-9,17,19,25H,3-4,10-16H2,1-2H3,(H,22,23). The molecule has 2 aliphatic heterocycles. The minimum atomic E-state index is -0.613. The van der Waals surface area contributed by atoms with E-state index in [4.69, 9.17) is 4.99 Å². The molecular formula is C21H33N3OS. The maximum Gasteiger partial charge on any atom is 0.194 e. The lowest BCUT2D eigenvalue weighted by atomic mass is 9.79. The van der Waals surface area contributed by atoms with E-state index in [2.05, 4.69) is 54.4 Å². The predicted octanol–water partition coefficient (Wildman–Crippen LogP) is 3.34. The number of hydrogen-bond acceptors (Lipinski definition) is 3. The third-order valence-corrected chi connectivity index (χ3v) is 6.96. The molecule has 2 aliphatic rings. The average molecular weight is 376 g/mol. The quantitative estimate of drug-likeness (QED) is 0.612. The van der Waals surface area contributed by atoms with Crippen LogP contribution in [0.2, 0.25) is 0 Å². The molecule has 5 heteroatoms. The Kier molecular flexibility index (Phi) is 6.87. The van der Waals surface area contributed by atoms with Crippen molar-refractivity contribution < 1.29 is 5.11 Å². The number of likely N-dealkylation sites (tertiary alicyclic amines) is 1. The van der Waals surface area contributed by atoms with Crippen LogP contribution < -0.4 is 5.32 Å². The van der Waals surface area contributed by atoms with Crippen molar-refractivity contribution in [1.82, 2.24) is 10.2 Å². The van der Waals surface area contributed by atoms with Crippen LogP contribution in [-0.4, -0.2) is 59.3 Å². The molecule has 0 spiro atoms. The first-order valence-electron chi connectivity index (χ1n) is 10.0. The summed E-state index contributed by atoms with van der Waals surface area (Å²) in [6, 6.07) is 11.0. The Bertz CT molecular complexity index is 586. The number of thioether (sulfide) groups is 1. The molecule has 2 fully saturated rings. The average Bonchev–Trinajstić information content (AvgIpc) is 3.12. The van der Waals surface area contributed by atoms with Crippen molar-refractivity contribution in [3.05, 3.63) is 35.9 Å². The van der Waals surface area contributed by atoms with Crippen LogP contribution in [0.15, 0.2) is 35.3 Å². The van der Waals surface area contributed by atoms with E-state index in [9.17, 15) is 5.11 Å². The lowest BCUT2D eigenvalue weighted by molar-refractivity contribution is 0.0773. The molecule has 3 rings (SSSR count). The van der Waals surface area contributed by atoms with Gasteiger partial charge in [-0.1, -0.05) is 43.7 Å². The van der Waals surface area contributed by atoms with Crippen molar-refractivity contribution in [1.29, 1.82) is 0 Å². The second-order valence-corrected chi connectivity index (χ2v) is 8.72. The number of guanidine groups is 1. The summed E-state index contributed by atoms with van der Waals surface area (Å²) < 4.78 is 0. The number of benzene rings is 1. The van der Waals surface area contributed by atoms with Crippen LogP contribution in [0.4, 0.5) is 0 Å². The number of piperidine rings is 1. The molecule has 2 heterocycles. The van der Waals surface area contributed by atoms with Gasteiger partial charge in [-0.25, -0.2) is 0 Å². The molecule has 2 N–H and O–H groups in total. The van der Waals surface area contributed by atoms with Crippen molar-refractivity contribution in [3.63, 3.8) is 0 Å². The fraction of sp³-hybridized carbons (Fsp3) is 0.667. The molecule has 4 nitrogen and oxygen atoms in total. The summed E-state index contributed by atoms with van der Waals surface area (Å²) in [7, 11) is 0. The maximum absolute atomic E-state index is 10.6. The fourth-order valence-electron chi connectivity index (χ4n) is 4.15. The minimum absolute atomic E-state index is 0.512. The van der Waals surface area contributed by atoms with E-state index in [1.165, 1.54) is 12.0 Å². The molecule has 0 radical (unpaired) electrons. The third-order valence-electron chi connectivity index (χ3n) is 5.73. The smallest absolute Gasteiger partial charge is 0.194 e. The monoisotopic (exact) mass is 375 g/mol. The zero-order valence-electron chi connectivity index (χ0n) is 16.2. The molecule has 0 aromatic heterocycles. The van der Waals surface area contributed by atoms with Crippen LogP contribution in [0.5, 0.6) is 0 Å². The number of aliphatic hydroxyl groups is 1. The highest BCUT2D eigenvalue weighted by Crippen LogP contribution is 2.35. The normalized spacial score (nSPS) is 29.8. The van der Waals surface area contributed by atoms with Gasteiger partial charge in [0.05, 0.1) is 12.1 Å². The summed E-state index contributed by atoms with van der Waals surface area (Å²) in [6.45, 7) is 7.85.